The zero-order valence-electron chi connectivity index (χ0n) is 12.3. The van der Waals surface area contributed by atoms with Crippen molar-refractivity contribution >= 4 is 11.6 Å². The van der Waals surface area contributed by atoms with Gasteiger partial charge in [-0.15, -0.1) is 0 Å². The molecular formula is C17H18ClFO2. The molecule has 112 valence electrons. The summed E-state index contributed by atoms with van der Waals surface area (Å²) in [5.74, 6) is 0.372. The number of rotatable bonds is 4. The van der Waals surface area contributed by atoms with Gasteiger partial charge in [-0.2, -0.15) is 0 Å². The van der Waals surface area contributed by atoms with Crippen LogP contribution in [0.3, 0.4) is 0 Å². The first-order valence-electron chi connectivity index (χ1n) is 6.70. The van der Waals surface area contributed by atoms with Crippen molar-refractivity contribution < 1.29 is 14.2 Å². The second-order valence-corrected chi connectivity index (χ2v) is 5.51. The monoisotopic (exact) mass is 308 g/mol. The van der Waals surface area contributed by atoms with E-state index in [0.717, 1.165) is 22.4 Å². The van der Waals surface area contributed by atoms with Crippen molar-refractivity contribution in [1.29, 1.82) is 0 Å². The number of halogens is 2. The topological polar surface area (TPSA) is 29.5 Å². The first kappa shape index (κ1) is 15.8. The maximum absolute atomic E-state index is 13.8. The highest BCUT2D eigenvalue weighted by molar-refractivity contribution is 6.31. The molecule has 1 unspecified atom stereocenters. The van der Waals surface area contributed by atoms with Crippen LogP contribution in [-0.2, 0) is 6.42 Å². The van der Waals surface area contributed by atoms with Gasteiger partial charge in [0.05, 0.1) is 13.2 Å². The fourth-order valence-electron chi connectivity index (χ4n) is 2.42. The zero-order chi connectivity index (χ0) is 15.6. The molecule has 2 rings (SSSR count). The van der Waals surface area contributed by atoms with E-state index in [4.69, 9.17) is 16.3 Å². The lowest BCUT2D eigenvalue weighted by Gasteiger charge is -2.17. The number of benzene rings is 2. The average molecular weight is 309 g/mol. The van der Waals surface area contributed by atoms with Gasteiger partial charge in [-0.1, -0.05) is 17.7 Å². The molecule has 1 atom stereocenters. The fraction of sp³-hybridized carbons (Fsp3) is 0.294. The Balaban J connectivity index is 2.33. The molecule has 0 aliphatic heterocycles. The highest BCUT2D eigenvalue weighted by Crippen LogP contribution is 2.30. The van der Waals surface area contributed by atoms with E-state index in [9.17, 15) is 9.50 Å². The molecule has 2 nitrogen and oxygen atoms in total. The molecule has 21 heavy (non-hydrogen) atoms. The maximum Gasteiger partial charge on any atom is 0.127 e. The van der Waals surface area contributed by atoms with Gasteiger partial charge in [-0.3, -0.25) is 0 Å². The predicted molar refractivity (Wildman–Crippen MR) is 82.5 cm³/mol. The molecule has 0 aliphatic rings. The molecule has 2 aromatic carbocycles. The molecule has 0 radical (unpaired) electrons. The van der Waals surface area contributed by atoms with Gasteiger partial charge in [-0.05, 0) is 54.8 Å². The van der Waals surface area contributed by atoms with Gasteiger partial charge in [0.1, 0.15) is 11.6 Å². The Bertz CT molecular complexity index is 635. The lowest BCUT2D eigenvalue weighted by atomic mass is 9.95. The molecule has 0 saturated heterocycles. The van der Waals surface area contributed by atoms with E-state index in [1.54, 1.807) is 19.2 Å². The van der Waals surface area contributed by atoms with Gasteiger partial charge >= 0.3 is 0 Å². The predicted octanol–water partition coefficient (Wildman–Crippen LogP) is 4.38. The Morgan fingerprint density at radius 2 is 1.95 bits per heavy atom. The van der Waals surface area contributed by atoms with Gasteiger partial charge in [0, 0.05) is 17.0 Å². The third kappa shape index (κ3) is 3.36. The highest BCUT2D eigenvalue weighted by Gasteiger charge is 2.17. The molecule has 0 bridgehead atoms. The average Bonchev–Trinajstić information content (AvgIpc) is 2.44. The Morgan fingerprint density at radius 3 is 2.57 bits per heavy atom. The summed E-state index contributed by atoms with van der Waals surface area (Å²) in [4.78, 5) is 0. The summed E-state index contributed by atoms with van der Waals surface area (Å²) in [5, 5.41) is 10.8. The smallest absolute Gasteiger partial charge is 0.127 e. The van der Waals surface area contributed by atoms with Gasteiger partial charge in [0.25, 0.3) is 0 Å². The fourth-order valence-corrected chi connectivity index (χ4v) is 2.66. The highest BCUT2D eigenvalue weighted by atomic mass is 35.5. The Morgan fingerprint density at radius 1 is 1.24 bits per heavy atom. The van der Waals surface area contributed by atoms with Gasteiger partial charge in [0.2, 0.25) is 0 Å². The SMILES string of the molecule is COc1cc(C)c(C(O)Cc2c(F)cccc2Cl)cc1C. The minimum atomic E-state index is -0.816. The van der Waals surface area contributed by atoms with Gasteiger partial charge in [0.15, 0.2) is 0 Å². The van der Waals surface area contributed by atoms with E-state index < -0.39 is 11.9 Å². The van der Waals surface area contributed by atoms with Crippen molar-refractivity contribution in [2.75, 3.05) is 7.11 Å². The number of hydrogen-bond donors (Lipinski definition) is 1. The molecule has 0 fully saturated rings. The summed E-state index contributed by atoms with van der Waals surface area (Å²) in [6, 6.07) is 8.26. The van der Waals surface area contributed by atoms with E-state index in [-0.39, 0.29) is 6.42 Å². The summed E-state index contributed by atoms with van der Waals surface area (Å²) < 4.78 is 19.1. The molecule has 4 heteroatoms. The van der Waals surface area contributed by atoms with Crippen LogP contribution in [0.5, 0.6) is 5.75 Å². The first-order valence-corrected chi connectivity index (χ1v) is 7.08. The number of aliphatic hydroxyl groups excluding tert-OH is 1. The Hall–Kier alpha value is -1.58. The zero-order valence-corrected chi connectivity index (χ0v) is 13.0. The molecule has 0 amide bonds. The molecule has 0 spiro atoms. The summed E-state index contributed by atoms with van der Waals surface area (Å²) in [6.45, 7) is 3.80. The third-order valence-electron chi connectivity index (χ3n) is 3.60. The van der Waals surface area contributed by atoms with Crippen molar-refractivity contribution in [3.63, 3.8) is 0 Å². The van der Waals surface area contributed by atoms with Crippen molar-refractivity contribution in [3.05, 3.63) is 63.4 Å². The Labute approximate surface area is 129 Å². The van der Waals surface area contributed by atoms with Gasteiger partial charge < -0.3 is 9.84 Å². The minimum absolute atomic E-state index is 0.137. The van der Waals surface area contributed by atoms with Crippen molar-refractivity contribution in [3.8, 4) is 5.75 Å². The standard InChI is InChI=1S/C17H18ClFO2/c1-10-8-17(21-3)11(2)7-12(10)16(20)9-13-14(18)5-4-6-15(13)19/h4-8,16,20H,9H2,1-3H3. The molecule has 0 heterocycles. The largest absolute Gasteiger partial charge is 0.496 e. The second-order valence-electron chi connectivity index (χ2n) is 5.10. The molecule has 0 aromatic heterocycles. The molecule has 0 saturated carbocycles. The van der Waals surface area contributed by atoms with E-state index in [0.29, 0.717) is 10.6 Å². The van der Waals surface area contributed by atoms with E-state index in [1.807, 2.05) is 26.0 Å². The number of ether oxygens (including phenoxy) is 1. The van der Waals surface area contributed by atoms with Gasteiger partial charge in [-0.25, -0.2) is 4.39 Å². The second kappa shape index (κ2) is 6.46. The van der Waals surface area contributed by atoms with Crippen molar-refractivity contribution in [2.45, 2.75) is 26.4 Å². The van der Waals surface area contributed by atoms with Crippen molar-refractivity contribution in [1.82, 2.24) is 0 Å². The maximum atomic E-state index is 13.8. The summed E-state index contributed by atoms with van der Waals surface area (Å²) in [6.07, 6.45) is -0.679. The van der Waals surface area contributed by atoms with Crippen LogP contribution in [0, 0.1) is 19.7 Å². The molecule has 1 N–H and O–H groups in total. The van der Waals surface area contributed by atoms with Crippen LogP contribution < -0.4 is 4.74 Å². The van der Waals surface area contributed by atoms with Crippen molar-refractivity contribution in [2.24, 2.45) is 0 Å². The summed E-state index contributed by atoms with van der Waals surface area (Å²) >= 11 is 6.01. The number of aliphatic hydroxyl groups is 1. The lowest BCUT2D eigenvalue weighted by molar-refractivity contribution is 0.176. The number of aryl methyl sites for hydroxylation is 2. The van der Waals surface area contributed by atoms with Crippen LogP contribution in [0.2, 0.25) is 5.02 Å². The number of methoxy groups -OCH3 is 1. The third-order valence-corrected chi connectivity index (χ3v) is 3.96. The normalized spacial score (nSPS) is 12.3. The summed E-state index contributed by atoms with van der Waals surface area (Å²) in [7, 11) is 1.61. The number of hydrogen-bond acceptors (Lipinski definition) is 2. The van der Waals surface area contributed by atoms with E-state index in [2.05, 4.69) is 0 Å². The Kier molecular flexibility index (Phi) is 4.86. The molecule has 2 aromatic rings. The van der Waals surface area contributed by atoms with Crippen LogP contribution in [0.4, 0.5) is 4.39 Å². The first-order chi connectivity index (χ1) is 9.93. The quantitative estimate of drug-likeness (QED) is 0.908. The minimum Gasteiger partial charge on any atom is -0.496 e. The van der Waals surface area contributed by atoms with Crippen LogP contribution >= 0.6 is 11.6 Å². The molecule has 0 aliphatic carbocycles. The van der Waals surface area contributed by atoms with E-state index >= 15 is 0 Å². The molecular weight excluding hydrogens is 291 g/mol. The van der Waals surface area contributed by atoms with Crippen LogP contribution in [0.1, 0.15) is 28.4 Å². The van der Waals surface area contributed by atoms with Crippen LogP contribution in [0.25, 0.3) is 0 Å². The van der Waals surface area contributed by atoms with Crippen LogP contribution in [-0.4, -0.2) is 12.2 Å². The lowest BCUT2D eigenvalue weighted by Crippen LogP contribution is -2.07. The van der Waals surface area contributed by atoms with E-state index in [1.165, 1.54) is 6.07 Å². The van der Waals surface area contributed by atoms with Crippen LogP contribution in [0.15, 0.2) is 30.3 Å². The summed E-state index contributed by atoms with van der Waals surface area (Å²) in [5.41, 5.74) is 2.92.